The normalized spacial score (nSPS) is 10.4. The van der Waals surface area contributed by atoms with Gasteiger partial charge in [0.2, 0.25) is 5.91 Å². The molecule has 0 fully saturated rings. The number of carbonyl (C=O) groups excluding carboxylic acids is 2. The average Bonchev–Trinajstić information content (AvgIpc) is 2.63. The Hall–Kier alpha value is -2.31. The van der Waals surface area contributed by atoms with E-state index in [1.54, 1.807) is 12.1 Å². The van der Waals surface area contributed by atoms with Crippen LogP contribution in [-0.2, 0) is 4.79 Å². The van der Waals surface area contributed by atoms with Crippen molar-refractivity contribution in [3.63, 3.8) is 0 Å². The topological polar surface area (TPSA) is 58.6 Å². The van der Waals surface area contributed by atoms with Crippen LogP contribution in [0.4, 0.5) is 10.1 Å². The van der Waals surface area contributed by atoms with E-state index in [1.165, 1.54) is 30.2 Å². The molecule has 5 nitrogen and oxygen atoms in total. The molecule has 8 heteroatoms. The van der Waals surface area contributed by atoms with Crippen LogP contribution in [-0.4, -0.2) is 36.9 Å². The number of nitrogens with one attached hydrogen (secondary N) is 1. The highest BCUT2D eigenvalue weighted by Gasteiger charge is 2.22. The molecule has 0 atom stereocenters. The predicted octanol–water partition coefficient (Wildman–Crippen LogP) is 4.63. The lowest BCUT2D eigenvalue weighted by Crippen LogP contribution is -2.38. The third-order valence-electron chi connectivity index (χ3n) is 3.71. The lowest BCUT2D eigenvalue weighted by Gasteiger charge is -2.23. The van der Waals surface area contributed by atoms with E-state index in [9.17, 15) is 14.0 Å². The first-order chi connectivity index (χ1) is 12.8. The Morgan fingerprint density at radius 1 is 1.19 bits per heavy atom. The third kappa shape index (κ3) is 5.58. The van der Waals surface area contributed by atoms with Gasteiger partial charge in [-0.3, -0.25) is 9.59 Å². The smallest absolute Gasteiger partial charge is 0.258 e. The molecular weight excluding hydrogens is 394 g/mol. The molecule has 0 heterocycles. The Bertz CT molecular complexity index is 846. The minimum absolute atomic E-state index is 0.0551. The van der Waals surface area contributed by atoms with Crippen LogP contribution in [0.3, 0.4) is 0 Å². The zero-order valence-corrected chi connectivity index (χ0v) is 16.4. The summed E-state index contributed by atoms with van der Waals surface area (Å²) < 4.78 is 18.7. The summed E-state index contributed by atoms with van der Waals surface area (Å²) >= 11 is 12.0. The van der Waals surface area contributed by atoms with Crippen molar-refractivity contribution in [3.05, 3.63) is 57.8 Å². The van der Waals surface area contributed by atoms with Gasteiger partial charge in [0.1, 0.15) is 18.1 Å². The summed E-state index contributed by atoms with van der Waals surface area (Å²) in [7, 11) is 1.39. The molecule has 27 heavy (non-hydrogen) atoms. The van der Waals surface area contributed by atoms with Gasteiger partial charge < -0.3 is 15.0 Å². The minimum atomic E-state index is -0.564. The highest BCUT2D eigenvalue weighted by atomic mass is 35.5. The van der Waals surface area contributed by atoms with Gasteiger partial charge in [0.25, 0.3) is 5.91 Å². The lowest BCUT2D eigenvalue weighted by atomic mass is 10.1. The summed E-state index contributed by atoms with van der Waals surface area (Å²) in [6, 6.07) is 8.35. The van der Waals surface area contributed by atoms with E-state index < -0.39 is 17.6 Å². The first-order valence-electron chi connectivity index (χ1n) is 8.23. The van der Waals surface area contributed by atoms with Crippen molar-refractivity contribution >= 4 is 40.7 Å². The highest BCUT2D eigenvalue weighted by molar-refractivity contribution is 6.35. The largest absolute Gasteiger partial charge is 0.496 e. The number of methoxy groups -OCH3 is 1. The molecule has 0 aromatic heterocycles. The van der Waals surface area contributed by atoms with Gasteiger partial charge in [-0.15, -0.1) is 0 Å². The number of amides is 2. The SMILES string of the molecule is CCCN(CC(=O)Nc1cc(Cl)ccc1Cl)C(=O)c1cc(F)ccc1OC. The number of benzene rings is 2. The van der Waals surface area contributed by atoms with Crippen molar-refractivity contribution in [2.45, 2.75) is 13.3 Å². The van der Waals surface area contributed by atoms with Crippen molar-refractivity contribution in [3.8, 4) is 5.75 Å². The van der Waals surface area contributed by atoms with E-state index in [0.717, 1.165) is 6.07 Å². The maximum atomic E-state index is 13.6. The fourth-order valence-electron chi connectivity index (χ4n) is 2.50. The number of anilines is 1. The van der Waals surface area contributed by atoms with Crippen LogP contribution in [0.2, 0.25) is 10.0 Å². The molecule has 1 N–H and O–H groups in total. The molecule has 0 saturated heterocycles. The van der Waals surface area contributed by atoms with E-state index in [0.29, 0.717) is 28.7 Å². The zero-order chi connectivity index (χ0) is 20.0. The molecule has 0 aliphatic rings. The van der Waals surface area contributed by atoms with Gasteiger partial charge in [0.05, 0.1) is 23.4 Å². The van der Waals surface area contributed by atoms with Gasteiger partial charge in [0, 0.05) is 11.6 Å². The molecule has 0 saturated carbocycles. The Labute approximate surface area is 167 Å². The molecule has 0 spiro atoms. The van der Waals surface area contributed by atoms with Crippen LogP contribution >= 0.6 is 23.2 Å². The van der Waals surface area contributed by atoms with Gasteiger partial charge in [-0.25, -0.2) is 4.39 Å². The zero-order valence-electron chi connectivity index (χ0n) is 14.9. The monoisotopic (exact) mass is 412 g/mol. The Kier molecular flexibility index (Phi) is 7.45. The van der Waals surface area contributed by atoms with Gasteiger partial charge in [0.15, 0.2) is 0 Å². The van der Waals surface area contributed by atoms with Crippen LogP contribution in [0.5, 0.6) is 5.75 Å². The lowest BCUT2D eigenvalue weighted by molar-refractivity contribution is -0.116. The standard InChI is InChI=1S/C19H19Cl2FN2O3/c1-3-8-24(19(26)14-10-13(22)5-7-17(14)27-2)11-18(25)23-16-9-12(20)4-6-15(16)21/h4-7,9-10H,3,8,11H2,1-2H3,(H,23,25). The van der Waals surface area contributed by atoms with Crippen molar-refractivity contribution in [2.24, 2.45) is 0 Å². The second-order valence-corrected chi connectivity index (χ2v) is 6.59. The van der Waals surface area contributed by atoms with E-state index in [-0.39, 0.29) is 17.9 Å². The van der Waals surface area contributed by atoms with E-state index in [4.69, 9.17) is 27.9 Å². The van der Waals surface area contributed by atoms with Crippen molar-refractivity contribution < 1.29 is 18.7 Å². The number of hydrogen-bond acceptors (Lipinski definition) is 3. The Morgan fingerprint density at radius 3 is 2.59 bits per heavy atom. The molecule has 2 amide bonds. The summed E-state index contributed by atoms with van der Waals surface area (Å²) in [5.74, 6) is -1.27. The predicted molar refractivity (Wildman–Crippen MR) is 104 cm³/mol. The molecule has 144 valence electrons. The summed E-state index contributed by atoms with van der Waals surface area (Å²) in [6.45, 7) is 1.96. The van der Waals surface area contributed by atoms with Crippen molar-refractivity contribution in [1.82, 2.24) is 4.90 Å². The fourth-order valence-corrected chi connectivity index (χ4v) is 2.83. The minimum Gasteiger partial charge on any atom is -0.496 e. The summed E-state index contributed by atoms with van der Waals surface area (Å²) in [5, 5.41) is 3.38. The van der Waals surface area contributed by atoms with Crippen molar-refractivity contribution in [1.29, 1.82) is 0 Å². The third-order valence-corrected chi connectivity index (χ3v) is 4.27. The van der Waals surface area contributed by atoms with Gasteiger partial charge in [-0.05, 0) is 42.8 Å². The van der Waals surface area contributed by atoms with Gasteiger partial charge >= 0.3 is 0 Å². The number of nitrogens with zero attached hydrogens (tertiary/aromatic N) is 1. The maximum Gasteiger partial charge on any atom is 0.258 e. The number of carbonyl (C=O) groups is 2. The number of halogens is 3. The van der Waals surface area contributed by atoms with E-state index in [2.05, 4.69) is 5.32 Å². The second kappa shape index (κ2) is 9.58. The van der Waals surface area contributed by atoms with Crippen LogP contribution < -0.4 is 10.1 Å². The maximum absolute atomic E-state index is 13.6. The summed E-state index contributed by atoms with van der Waals surface area (Å²) in [6.07, 6.45) is 0.620. The van der Waals surface area contributed by atoms with Gasteiger partial charge in [-0.2, -0.15) is 0 Å². The number of hydrogen-bond donors (Lipinski definition) is 1. The molecule has 2 rings (SSSR count). The quantitative estimate of drug-likeness (QED) is 0.720. The summed E-state index contributed by atoms with van der Waals surface area (Å²) in [5.41, 5.74) is 0.404. The first kappa shape index (κ1) is 21.0. The number of ether oxygens (including phenoxy) is 1. The van der Waals surface area contributed by atoms with E-state index in [1.807, 2.05) is 6.92 Å². The molecule has 2 aromatic rings. The van der Waals surface area contributed by atoms with Crippen LogP contribution in [0.25, 0.3) is 0 Å². The second-order valence-electron chi connectivity index (χ2n) is 5.74. The van der Waals surface area contributed by atoms with E-state index >= 15 is 0 Å². The van der Waals surface area contributed by atoms with Gasteiger partial charge in [-0.1, -0.05) is 30.1 Å². The molecule has 0 bridgehead atoms. The molecule has 0 aliphatic carbocycles. The Balaban J connectivity index is 2.19. The van der Waals surface area contributed by atoms with Crippen molar-refractivity contribution in [2.75, 3.05) is 25.5 Å². The average molecular weight is 413 g/mol. The molecule has 0 aliphatic heterocycles. The van der Waals surface area contributed by atoms with Crippen LogP contribution in [0.15, 0.2) is 36.4 Å². The molecule has 0 radical (unpaired) electrons. The number of rotatable bonds is 7. The molecular formula is C19H19Cl2FN2O3. The Morgan fingerprint density at radius 2 is 1.93 bits per heavy atom. The van der Waals surface area contributed by atoms with Crippen LogP contribution in [0, 0.1) is 5.82 Å². The fraction of sp³-hybridized carbons (Fsp3) is 0.263. The molecule has 2 aromatic carbocycles. The highest BCUT2D eigenvalue weighted by Crippen LogP contribution is 2.25. The van der Waals surface area contributed by atoms with Crippen LogP contribution in [0.1, 0.15) is 23.7 Å². The summed E-state index contributed by atoms with van der Waals surface area (Å²) in [4.78, 5) is 26.6. The molecule has 0 unspecified atom stereocenters. The first-order valence-corrected chi connectivity index (χ1v) is 8.99.